The first kappa shape index (κ1) is 13.0. The van der Waals surface area contributed by atoms with Crippen molar-refractivity contribution in [1.82, 2.24) is 4.90 Å². The molecule has 2 aliphatic rings. The number of nitrogens with zero attached hydrogens (tertiary/aromatic N) is 2. The van der Waals surface area contributed by atoms with Crippen molar-refractivity contribution in [2.45, 2.75) is 44.7 Å². The summed E-state index contributed by atoms with van der Waals surface area (Å²) in [6, 6.07) is 7.49. The number of halogens is 1. The Balaban J connectivity index is 1.88. The van der Waals surface area contributed by atoms with Gasteiger partial charge in [-0.1, -0.05) is 40.9 Å². The molecule has 4 heteroatoms. The van der Waals surface area contributed by atoms with Crippen molar-refractivity contribution >= 4 is 21.9 Å². The van der Waals surface area contributed by atoms with Gasteiger partial charge in [0, 0.05) is 10.5 Å². The zero-order valence-electron chi connectivity index (χ0n) is 11.3. The molecular weight excluding hydrogens is 302 g/mol. The molecule has 0 bridgehead atoms. The van der Waals surface area contributed by atoms with E-state index in [-0.39, 0.29) is 0 Å². The maximum atomic E-state index is 6.12. The van der Waals surface area contributed by atoms with Gasteiger partial charge in [-0.2, -0.15) is 0 Å². The summed E-state index contributed by atoms with van der Waals surface area (Å²) in [5, 5.41) is 0. The molecule has 1 aliphatic carbocycles. The summed E-state index contributed by atoms with van der Waals surface area (Å²) in [6.07, 6.45) is 5.14. The van der Waals surface area contributed by atoms with Gasteiger partial charge in [-0.3, -0.25) is 4.99 Å². The molecule has 1 fully saturated rings. The maximum Gasteiger partial charge on any atom is 0.192 e. The normalized spacial score (nSPS) is 24.0. The number of hydrogen-bond acceptors (Lipinski definition) is 3. The second kappa shape index (κ2) is 5.16. The van der Waals surface area contributed by atoms with E-state index in [1.165, 1.54) is 41.3 Å². The van der Waals surface area contributed by atoms with Gasteiger partial charge in [0.25, 0.3) is 0 Å². The third-order valence-corrected chi connectivity index (χ3v) is 5.18. The number of rotatable bonds is 2. The van der Waals surface area contributed by atoms with E-state index in [0.29, 0.717) is 12.1 Å². The minimum Gasteiger partial charge on any atom is -0.370 e. The highest BCUT2D eigenvalue weighted by Crippen LogP contribution is 2.35. The molecule has 102 valence electrons. The van der Waals surface area contributed by atoms with Gasteiger partial charge in [0.1, 0.15) is 0 Å². The lowest BCUT2D eigenvalue weighted by atomic mass is 10.0. The van der Waals surface area contributed by atoms with Crippen LogP contribution in [-0.4, -0.2) is 23.4 Å². The Morgan fingerprint density at radius 1 is 1.32 bits per heavy atom. The van der Waals surface area contributed by atoms with Crippen molar-refractivity contribution in [2.24, 2.45) is 10.7 Å². The first-order valence-electron chi connectivity index (χ1n) is 7.01. The smallest absolute Gasteiger partial charge is 0.192 e. The first-order valence-corrected chi connectivity index (χ1v) is 7.80. The number of nitrogens with two attached hydrogens (primary N) is 1. The average molecular weight is 322 g/mol. The molecule has 1 aromatic carbocycles. The molecule has 0 aromatic heterocycles. The fourth-order valence-corrected chi connectivity index (χ4v) is 3.61. The Labute approximate surface area is 123 Å². The molecule has 19 heavy (non-hydrogen) atoms. The molecule has 1 aliphatic heterocycles. The van der Waals surface area contributed by atoms with Crippen molar-refractivity contribution in [3.8, 4) is 0 Å². The summed E-state index contributed by atoms with van der Waals surface area (Å²) in [5.74, 6) is 0.730. The molecule has 3 nitrogen and oxygen atoms in total. The topological polar surface area (TPSA) is 41.6 Å². The predicted molar refractivity (Wildman–Crippen MR) is 82.2 cm³/mol. The van der Waals surface area contributed by atoms with E-state index in [1.54, 1.807) is 0 Å². The Morgan fingerprint density at radius 2 is 2.05 bits per heavy atom. The summed E-state index contributed by atoms with van der Waals surface area (Å²) >= 11 is 3.62. The zero-order chi connectivity index (χ0) is 13.4. The van der Waals surface area contributed by atoms with E-state index in [1.807, 2.05) is 0 Å². The summed E-state index contributed by atoms with van der Waals surface area (Å²) in [4.78, 5) is 6.83. The molecule has 1 aromatic rings. The van der Waals surface area contributed by atoms with Gasteiger partial charge in [0.2, 0.25) is 0 Å². The minimum atomic E-state index is 0.319. The summed E-state index contributed by atoms with van der Waals surface area (Å²) in [5.41, 5.74) is 8.70. The van der Waals surface area contributed by atoms with Crippen LogP contribution in [0.2, 0.25) is 0 Å². The predicted octanol–water partition coefficient (Wildman–Crippen LogP) is 3.37. The Hall–Kier alpha value is -1.03. The Morgan fingerprint density at radius 3 is 2.74 bits per heavy atom. The molecule has 2 N–H and O–H groups in total. The number of hydrogen-bond donors (Lipinski definition) is 1. The molecule has 1 heterocycles. The summed E-state index contributed by atoms with van der Waals surface area (Å²) in [7, 11) is 0. The lowest BCUT2D eigenvalue weighted by Crippen LogP contribution is -2.42. The lowest BCUT2D eigenvalue weighted by molar-refractivity contribution is 0.262. The van der Waals surface area contributed by atoms with Crippen LogP contribution in [0.3, 0.4) is 0 Å². The zero-order valence-corrected chi connectivity index (χ0v) is 12.9. The van der Waals surface area contributed by atoms with E-state index < -0.39 is 0 Å². The fraction of sp³-hybridized carbons (Fsp3) is 0.533. The van der Waals surface area contributed by atoms with Crippen molar-refractivity contribution in [3.05, 3.63) is 33.8 Å². The van der Waals surface area contributed by atoms with Crippen molar-refractivity contribution < 1.29 is 0 Å². The molecule has 0 amide bonds. The highest BCUT2D eigenvalue weighted by Gasteiger charge is 2.34. The minimum absolute atomic E-state index is 0.319. The van der Waals surface area contributed by atoms with Crippen molar-refractivity contribution in [2.75, 3.05) is 6.54 Å². The molecule has 1 unspecified atom stereocenters. The quantitative estimate of drug-likeness (QED) is 0.907. The van der Waals surface area contributed by atoms with Gasteiger partial charge >= 0.3 is 0 Å². The number of guanidine groups is 1. The SMILES string of the molecule is Cc1ccc(C2CN=C(N)N2C2CCCC2)cc1Br. The second-order valence-electron chi connectivity index (χ2n) is 5.57. The summed E-state index contributed by atoms with van der Waals surface area (Å²) in [6.45, 7) is 2.90. The van der Waals surface area contributed by atoms with Gasteiger partial charge in [-0.15, -0.1) is 0 Å². The monoisotopic (exact) mass is 321 g/mol. The van der Waals surface area contributed by atoms with E-state index in [0.717, 1.165) is 12.5 Å². The Bertz CT molecular complexity index is 506. The second-order valence-corrected chi connectivity index (χ2v) is 6.42. The van der Waals surface area contributed by atoms with Crippen LogP contribution >= 0.6 is 15.9 Å². The van der Waals surface area contributed by atoms with E-state index >= 15 is 0 Å². The van der Waals surface area contributed by atoms with Crippen LogP contribution in [0.15, 0.2) is 27.7 Å². The van der Waals surface area contributed by atoms with Crippen LogP contribution in [0.5, 0.6) is 0 Å². The van der Waals surface area contributed by atoms with Crippen LogP contribution < -0.4 is 5.73 Å². The van der Waals surface area contributed by atoms with Gasteiger partial charge in [-0.25, -0.2) is 0 Å². The highest BCUT2D eigenvalue weighted by atomic mass is 79.9. The lowest BCUT2D eigenvalue weighted by Gasteiger charge is -2.32. The molecule has 3 rings (SSSR count). The van der Waals surface area contributed by atoms with Crippen LogP contribution in [0, 0.1) is 6.92 Å². The van der Waals surface area contributed by atoms with Crippen LogP contribution in [0.1, 0.15) is 42.9 Å². The summed E-state index contributed by atoms with van der Waals surface area (Å²) < 4.78 is 1.17. The molecule has 1 saturated carbocycles. The van der Waals surface area contributed by atoms with E-state index in [9.17, 15) is 0 Å². The molecule has 0 spiro atoms. The number of aryl methyl sites for hydroxylation is 1. The largest absolute Gasteiger partial charge is 0.370 e. The first-order chi connectivity index (χ1) is 9.16. The highest BCUT2D eigenvalue weighted by molar-refractivity contribution is 9.10. The molecule has 1 atom stereocenters. The maximum absolute atomic E-state index is 6.12. The van der Waals surface area contributed by atoms with Crippen LogP contribution in [0.4, 0.5) is 0 Å². The standard InChI is InChI=1S/C15H20BrN3/c1-10-6-7-11(8-13(10)16)14-9-18-15(17)19(14)12-4-2-3-5-12/h6-8,12,14H,2-5,9H2,1H3,(H2,17,18). The number of aliphatic imine (C=N–C) groups is 1. The average Bonchev–Trinajstić information content (AvgIpc) is 3.01. The third kappa shape index (κ3) is 2.38. The van der Waals surface area contributed by atoms with Gasteiger partial charge < -0.3 is 10.6 Å². The van der Waals surface area contributed by atoms with Gasteiger partial charge in [-0.05, 0) is 37.0 Å². The van der Waals surface area contributed by atoms with Crippen LogP contribution in [0.25, 0.3) is 0 Å². The van der Waals surface area contributed by atoms with Gasteiger partial charge in [0.15, 0.2) is 5.96 Å². The molecular formula is C15H20BrN3. The molecule has 0 saturated heterocycles. The molecule has 0 radical (unpaired) electrons. The third-order valence-electron chi connectivity index (χ3n) is 4.33. The van der Waals surface area contributed by atoms with Gasteiger partial charge in [0.05, 0.1) is 12.6 Å². The van der Waals surface area contributed by atoms with E-state index in [2.05, 4.69) is 50.9 Å². The van der Waals surface area contributed by atoms with Crippen molar-refractivity contribution in [3.63, 3.8) is 0 Å². The number of benzene rings is 1. The van der Waals surface area contributed by atoms with E-state index in [4.69, 9.17) is 5.73 Å². The Kier molecular flexibility index (Phi) is 3.52. The van der Waals surface area contributed by atoms with Crippen LogP contribution in [-0.2, 0) is 0 Å². The van der Waals surface area contributed by atoms with Crippen molar-refractivity contribution in [1.29, 1.82) is 0 Å². The fourth-order valence-electron chi connectivity index (χ4n) is 3.22.